The second-order valence-electron chi connectivity index (χ2n) is 6.97. The summed E-state index contributed by atoms with van der Waals surface area (Å²) in [6, 6.07) is 23.6. The summed E-state index contributed by atoms with van der Waals surface area (Å²) in [5, 5.41) is 12.3. The van der Waals surface area contributed by atoms with E-state index in [0.29, 0.717) is 16.5 Å². The predicted molar refractivity (Wildman–Crippen MR) is 127 cm³/mol. The first-order chi connectivity index (χ1) is 15.2. The molecular weight excluding hydrogens is 424 g/mol. The molecule has 0 fully saturated rings. The molecule has 31 heavy (non-hydrogen) atoms. The van der Waals surface area contributed by atoms with Crippen LogP contribution in [0.15, 0.2) is 83.6 Å². The number of carbonyl (C=O) groups excluding carboxylic acids is 1. The van der Waals surface area contributed by atoms with E-state index < -0.39 is 0 Å². The van der Waals surface area contributed by atoms with Crippen molar-refractivity contribution in [3.8, 4) is 26.8 Å². The van der Waals surface area contributed by atoms with Crippen LogP contribution in [0.3, 0.4) is 0 Å². The maximum atomic E-state index is 12.9. The van der Waals surface area contributed by atoms with Crippen LogP contribution in [0.25, 0.3) is 26.8 Å². The van der Waals surface area contributed by atoms with Crippen molar-refractivity contribution in [2.45, 2.75) is 6.92 Å². The number of hydrogen-bond acceptors (Lipinski definition) is 5. The largest absolute Gasteiger partial charge is 0.306 e. The molecule has 0 aliphatic rings. The van der Waals surface area contributed by atoms with Gasteiger partial charge in [-0.05, 0) is 41.6 Å². The van der Waals surface area contributed by atoms with Crippen molar-refractivity contribution < 1.29 is 4.79 Å². The molecule has 1 N–H and O–H groups in total. The molecule has 0 bridgehead atoms. The summed E-state index contributed by atoms with van der Waals surface area (Å²) in [5.74, 6) is 0.414. The van der Waals surface area contributed by atoms with Crippen LogP contribution in [0.2, 0.25) is 0 Å². The van der Waals surface area contributed by atoms with Crippen LogP contribution in [-0.2, 0) is 0 Å². The first kappa shape index (κ1) is 19.4. The molecule has 152 valence electrons. The standard InChI is InChI=1S/C24H18N4OS2/c1-16-14-22(28(27-16)24-25-20(15-31-24)21-8-5-13-30-21)26-23(29)19-11-9-18(10-12-19)17-6-3-2-4-7-17/h2-15H,1H3,(H,26,29). The van der Waals surface area contributed by atoms with Gasteiger partial charge < -0.3 is 5.32 Å². The molecule has 3 heterocycles. The minimum Gasteiger partial charge on any atom is -0.306 e. The number of thiazole rings is 1. The fourth-order valence-corrected chi connectivity index (χ4v) is 4.81. The van der Waals surface area contributed by atoms with Crippen LogP contribution in [0.4, 0.5) is 5.82 Å². The molecule has 5 aromatic rings. The van der Waals surface area contributed by atoms with Crippen LogP contribution < -0.4 is 5.32 Å². The van der Waals surface area contributed by atoms with Crippen LogP contribution in [0.5, 0.6) is 0 Å². The number of aryl methyl sites for hydroxylation is 1. The number of nitrogens with zero attached hydrogens (tertiary/aromatic N) is 3. The average molecular weight is 443 g/mol. The van der Waals surface area contributed by atoms with Crippen molar-refractivity contribution >= 4 is 34.4 Å². The van der Waals surface area contributed by atoms with E-state index in [2.05, 4.69) is 22.5 Å². The second kappa shape index (κ2) is 8.29. The molecule has 0 unspecified atom stereocenters. The molecule has 0 aliphatic carbocycles. The lowest BCUT2D eigenvalue weighted by Crippen LogP contribution is -2.15. The summed E-state index contributed by atoms with van der Waals surface area (Å²) in [6.45, 7) is 1.90. The monoisotopic (exact) mass is 442 g/mol. The van der Waals surface area contributed by atoms with Gasteiger partial charge in [0.1, 0.15) is 5.82 Å². The minimum absolute atomic E-state index is 0.184. The lowest BCUT2D eigenvalue weighted by atomic mass is 10.0. The Kier molecular flexibility index (Phi) is 5.19. The number of rotatable bonds is 5. The highest BCUT2D eigenvalue weighted by molar-refractivity contribution is 7.15. The van der Waals surface area contributed by atoms with E-state index >= 15 is 0 Å². The molecule has 5 nitrogen and oxygen atoms in total. The maximum absolute atomic E-state index is 12.9. The number of carbonyl (C=O) groups is 1. The first-order valence-electron chi connectivity index (χ1n) is 9.71. The van der Waals surface area contributed by atoms with Gasteiger partial charge in [-0.3, -0.25) is 4.79 Å². The predicted octanol–water partition coefficient (Wildman–Crippen LogP) is 6.29. The van der Waals surface area contributed by atoms with Crippen LogP contribution in [0, 0.1) is 6.92 Å². The quantitative estimate of drug-likeness (QED) is 0.348. The van der Waals surface area contributed by atoms with Crippen LogP contribution >= 0.6 is 22.7 Å². The van der Waals surface area contributed by atoms with Crippen molar-refractivity contribution in [1.82, 2.24) is 14.8 Å². The number of thiophene rings is 1. The molecule has 0 radical (unpaired) electrons. The van der Waals surface area contributed by atoms with Gasteiger partial charge in [-0.15, -0.1) is 22.7 Å². The highest BCUT2D eigenvalue weighted by Gasteiger charge is 2.16. The van der Waals surface area contributed by atoms with Crippen molar-refractivity contribution in [2.75, 3.05) is 5.32 Å². The van der Waals surface area contributed by atoms with E-state index in [1.165, 1.54) is 11.3 Å². The highest BCUT2D eigenvalue weighted by atomic mass is 32.1. The van der Waals surface area contributed by atoms with Gasteiger partial charge in [0.25, 0.3) is 5.91 Å². The van der Waals surface area contributed by atoms with E-state index in [-0.39, 0.29) is 5.91 Å². The van der Waals surface area contributed by atoms with Gasteiger partial charge in [0.05, 0.1) is 16.3 Å². The summed E-state index contributed by atoms with van der Waals surface area (Å²) in [5.41, 5.74) is 4.50. The minimum atomic E-state index is -0.184. The van der Waals surface area contributed by atoms with Crippen molar-refractivity contribution in [3.63, 3.8) is 0 Å². The fraction of sp³-hybridized carbons (Fsp3) is 0.0417. The van der Waals surface area contributed by atoms with Gasteiger partial charge in [0, 0.05) is 17.0 Å². The number of amides is 1. The Hall–Kier alpha value is -3.55. The Morgan fingerprint density at radius 3 is 2.45 bits per heavy atom. The van der Waals surface area contributed by atoms with Crippen molar-refractivity contribution in [3.05, 3.63) is 94.8 Å². The molecule has 0 atom stereocenters. The normalized spacial score (nSPS) is 10.9. The van der Waals surface area contributed by atoms with E-state index in [1.54, 1.807) is 16.0 Å². The molecule has 1 amide bonds. The summed E-state index contributed by atoms with van der Waals surface area (Å²) in [7, 11) is 0. The Morgan fingerprint density at radius 2 is 1.71 bits per heavy atom. The smallest absolute Gasteiger partial charge is 0.256 e. The Balaban J connectivity index is 1.38. The third-order valence-corrected chi connectivity index (χ3v) is 6.48. The summed E-state index contributed by atoms with van der Waals surface area (Å²) in [4.78, 5) is 18.7. The molecule has 0 saturated carbocycles. The zero-order valence-electron chi connectivity index (χ0n) is 16.6. The molecule has 0 aliphatic heterocycles. The van der Waals surface area contributed by atoms with E-state index in [1.807, 2.05) is 78.3 Å². The topological polar surface area (TPSA) is 59.8 Å². The van der Waals surface area contributed by atoms with Crippen molar-refractivity contribution in [2.24, 2.45) is 0 Å². The number of anilines is 1. The Morgan fingerprint density at radius 1 is 0.935 bits per heavy atom. The van der Waals surface area contributed by atoms with Gasteiger partial charge in [0.15, 0.2) is 0 Å². The second-order valence-corrected chi connectivity index (χ2v) is 8.76. The summed E-state index contributed by atoms with van der Waals surface area (Å²) < 4.78 is 1.69. The zero-order chi connectivity index (χ0) is 21.2. The summed E-state index contributed by atoms with van der Waals surface area (Å²) in [6.07, 6.45) is 0. The molecule has 0 saturated heterocycles. The van der Waals surface area contributed by atoms with E-state index in [0.717, 1.165) is 27.4 Å². The van der Waals surface area contributed by atoms with Crippen LogP contribution in [0.1, 0.15) is 16.1 Å². The van der Waals surface area contributed by atoms with E-state index in [9.17, 15) is 4.79 Å². The Bertz CT molecular complexity index is 1320. The van der Waals surface area contributed by atoms with Crippen LogP contribution in [-0.4, -0.2) is 20.7 Å². The van der Waals surface area contributed by atoms with Gasteiger partial charge >= 0.3 is 0 Å². The molecule has 2 aromatic carbocycles. The highest BCUT2D eigenvalue weighted by Crippen LogP contribution is 2.29. The number of hydrogen-bond donors (Lipinski definition) is 1. The molecule has 5 rings (SSSR count). The summed E-state index contributed by atoms with van der Waals surface area (Å²) >= 11 is 3.14. The molecule has 3 aromatic heterocycles. The number of benzene rings is 2. The van der Waals surface area contributed by atoms with E-state index in [4.69, 9.17) is 4.98 Å². The third kappa shape index (κ3) is 4.05. The third-order valence-electron chi connectivity index (χ3n) is 4.77. The fourth-order valence-electron chi connectivity index (χ4n) is 3.27. The van der Waals surface area contributed by atoms with Gasteiger partial charge in [-0.25, -0.2) is 4.98 Å². The van der Waals surface area contributed by atoms with Gasteiger partial charge in [-0.1, -0.05) is 48.5 Å². The number of aromatic nitrogens is 3. The lowest BCUT2D eigenvalue weighted by molar-refractivity contribution is 0.102. The SMILES string of the molecule is Cc1cc(NC(=O)c2ccc(-c3ccccc3)cc2)n(-c2nc(-c3cccs3)cs2)n1. The Labute approximate surface area is 187 Å². The molecular formula is C24H18N4OS2. The maximum Gasteiger partial charge on any atom is 0.256 e. The molecule has 7 heteroatoms. The lowest BCUT2D eigenvalue weighted by Gasteiger charge is -2.07. The van der Waals surface area contributed by atoms with Gasteiger partial charge in [-0.2, -0.15) is 9.78 Å². The average Bonchev–Trinajstić information content (AvgIpc) is 3.55. The van der Waals surface area contributed by atoms with Gasteiger partial charge in [0.2, 0.25) is 5.13 Å². The molecule has 0 spiro atoms. The first-order valence-corrected chi connectivity index (χ1v) is 11.5. The zero-order valence-corrected chi connectivity index (χ0v) is 18.3. The number of nitrogens with one attached hydrogen (secondary N) is 1. The van der Waals surface area contributed by atoms with Crippen molar-refractivity contribution in [1.29, 1.82) is 0 Å².